The highest BCUT2D eigenvalue weighted by Crippen LogP contribution is 2.23. The van der Waals surface area contributed by atoms with Crippen LogP contribution in [0.25, 0.3) is 0 Å². The molecule has 1 heterocycles. The molecule has 1 saturated heterocycles. The minimum absolute atomic E-state index is 0.202. The van der Waals surface area contributed by atoms with Crippen molar-refractivity contribution in [2.45, 2.75) is 38.0 Å². The molecule has 0 spiro atoms. The van der Waals surface area contributed by atoms with Crippen molar-refractivity contribution in [3.05, 3.63) is 0 Å². The average Bonchev–Trinajstić information content (AvgIpc) is 2.60. The summed E-state index contributed by atoms with van der Waals surface area (Å²) in [5, 5.41) is 9.17. The normalized spacial score (nSPS) is 21.2. The average molecular weight is 247 g/mol. The van der Waals surface area contributed by atoms with Crippen LogP contribution in [0.3, 0.4) is 0 Å². The van der Waals surface area contributed by atoms with Gasteiger partial charge in [0.25, 0.3) is 0 Å². The van der Waals surface area contributed by atoms with Gasteiger partial charge in [-0.3, -0.25) is 0 Å². The lowest BCUT2D eigenvalue weighted by molar-refractivity contribution is 0.0295. The SMILES string of the molecule is CC(C)(C)OC(=O)N1CC[C@H](SCCO)C1. The maximum Gasteiger partial charge on any atom is 0.410 e. The highest BCUT2D eigenvalue weighted by atomic mass is 32.2. The first-order chi connectivity index (χ1) is 7.42. The van der Waals surface area contributed by atoms with Gasteiger partial charge in [-0.15, -0.1) is 0 Å². The number of carbonyl (C=O) groups is 1. The molecule has 94 valence electrons. The molecule has 5 heteroatoms. The van der Waals surface area contributed by atoms with Gasteiger partial charge in [-0.1, -0.05) is 0 Å². The Balaban J connectivity index is 2.32. The number of amides is 1. The van der Waals surface area contributed by atoms with Gasteiger partial charge in [0.15, 0.2) is 0 Å². The minimum Gasteiger partial charge on any atom is -0.444 e. The van der Waals surface area contributed by atoms with Crippen LogP contribution in [-0.4, -0.2) is 52.4 Å². The summed E-state index contributed by atoms with van der Waals surface area (Å²) in [6, 6.07) is 0. The third-order valence-electron chi connectivity index (χ3n) is 2.24. The number of aliphatic hydroxyl groups excluding tert-OH is 1. The zero-order chi connectivity index (χ0) is 12.2. The van der Waals surface area contributed by atoms with Gasteiger partial charge in [-0.2, -0.15) is 11.8 Å². The molecule has 1 aliphatic rings. The van der Waals surface area contributed by atoms with E-state index in [-0.39, 0.29) is 12.7 Å². The molecule has 0 saturated carbocycles. The number of likely N-dealkylation sites (tertiary alicyclic amines) is 1. The molecule has 0 aromatic carbocycles. The number of ether oxygens (including phenoxy) is 1. The second-order valence-electron chi connectivity index (χ2n) is 4.93. The summed E-state index contributed by atoms with van der Waals surface area (Å²) in [6.07, 6.45) is 0.767. The summed E-state index contributed by atoms with van der Waals surface area (Å²) in [7, 11) is 0. The summed E-state index contributed by atoms with van der Waals surface area (Å²) >= 11 is 1.72. The maximum atomic E-state index is 11.7. The van der Waals surface area contributed by atoms with Crippen molar-refractivity contribution in [1.29, 1.82) is 0 Å². The molecule has 1 aliphatic heterocycles. The molecule has 1 N–H and O–H groups in total. The Labute approximate surface area is 101 Å². The summed E-state index contributed by atoms with van der Waals surface area (Å²) in [6.45, 7) is 7.32. The molecular weight excluding hydrogens is 226 g/mol. The Bertz CT molecular complexity index is 240. The lowest BCUT2D eigenvalue weighted by Crippen LogP contribution is -2.35. The van der Waals surface area contributed by atoms with Gasteiger partial charge in [0.1, 0.15) is 5.60 Å². The van der Waals surface area contributed by atoms with Crippen LogP contribution in [-0.2, 0) is 4.74 Å². The van der Waals surface area contributed by atoms with E-state index in [2.05, 4.69) is 0 Å². The van der Waals surface area contributed by atoms with Crippen molar-refractivity contribution in [3.8, 4) is 0 Å². The van der Waals surface area contributed by atoms with Crippen LogP contribution in [0.15, 0.2) is 0 Å². The Morgan fingerprint density at radius 1 is 1.56 bits per heavy atom. The second kappa shape index (κ2) is 5.77. The van der Waals surface area contributed by atoms with Crippen molar-refractivity contribution in [1.82, 2.24) is 4.90 Å². The second-order valence-corrected chi connectivity index (χ2v) is 6.34. The smallest absolute Gasteiger partial charge is 0.410 e. The molecule has 1 atom stereocenters. The minimum atomic E-state index is -0.423. The Morgan fingerprint density at radius 2 is 2.25 bits per heavy atom. The van der Waals surface area contributed by atoms with Crippen LogP contribution in [0.1, 0.15) is 27.2 Å². The number of aliphatic hydroxyl groups is 1. The molecule has 1 amide bonds. The number of thioether (sulfide) groups is 1. The number of hydrogen-bond acceptors (Lipinski definition) is 4. The topological polar surface area (TPSA) is 49.8 Å². The predicted molar refractivity (Wildman–Crippen MR) is 65.8 cm³/mol. The van der Waals surface area contributed by atoms with E-state index in [0.29, 0.717) is 5.25 Å². The fourth-order valence-corrected chi connectivity index (χ4v) is 2.57. The van der Waals surface area contributed by atoms with Crippen molar-refractivity contribution in [2.75, 3.05) is 25.4 Å². The van der Waals surface area contributed by atoms with Crippen molar-refractivity contribution < 1.29 is 14.6 Å². The van der Waals surface area contributed by atoms with Crippen molar-refractivity contribution >= 4 is 17.9 Å². The van der Waals surface area contributed by atoms with Crippen LogP contribution >= 0.6 is 11.8 Å². The molecule has 0 unspecified atom stereocenters. The highest BCUT2D eigenvalue weighted by Gasteiger charge is 2.29. The number of carbonyl (C=O) groups excluding carboxylic acids is 1. The van der Waals surface area contributed by atoms with Gasteiger partial charge in [-0.25, -0.2) is 4.79 Å². The van der Waals surface area contributed by atoms with E-state index in [1.54, 1.807) is 16.7 Å². The van der Waals surface area contributed by atoms with Crippen LogP contribution in [0.5, 0.6) is 0 Å². The molecule has 1 fully saturated rings. The lowest BCUT2D eigenvalue weighted by atomic mass is 10.2. The number of hydrogen-bond donors (Lipinski definition) is 1. The first kappa shape index (κ1) is 13.6. The molecule has 0 aromatic rings. The van der Waals surface area contributed by atoms with Gasteiger partial charge in [0.2, 0.25) is 0 Å². The molecule has 0 aliphatic carbocycles. The van der Waals surface area contributed by atoms with Gasteiger partial charge in [0.05, 0.1) is 6.61 Å². The molecule has 0 aromatic heterocycles. The summed E-state index contributed by atoms with van der Waals surface area (Å²) in [5.74, 6) is 0.743. The lowest BCUT2D eigenvalue weighted by Gasteiger charge is -2.24. The molecule has 0 radical (unpaired) electrons. The fourth-order valence-electron chi connectivity index (χ4n) is 1.58. The van der Waals surface area contributed by atoms with E-state index < -0.39 is 5.60 Å². The van der Waals surface area contributed by atoms with Crippen LogP contribution in [0.2, 0.25) is 0 Å². The van der Waals surface area contributed by atoms with Gasteiger partial charge < -0.3 is 14.7 Å². The largest absolute Gasteiger partial charge is 0.444 e. The molecule has 1 rings (SSSR count). The first-order valence-corrected chi connectivity index (χ1v) is 6.67. The Morgan fingerprint density at radius 3 is 2.81 bits per heavy atom. The van der Waals surface area contributed by atoms with E-state index in [1.165, 1.54) is 0 Å². The zero-order valence-electron chi connectivity index (χ0n) is 10.2. The van der Waals surface area contributed by atoms with E-state index in [0.717, 1.165) is 25.3 Å². The predicted octanol–water partition coefficient (Wildman–Crippen LogP) is 1.72. The van der Waals surface area contributed by atoms with Gasteiger partial charge in [0, 0.05) is 24.1 Å². The fraction of sp³-hybridized carbons (Fsp3) is 0.909. The van der Waals surface area contributed by atoms with E-state index in [1.807, 2.05) is 20.8 Å². The van der Waals surface area contributed by atoms with Gasteiger partial charge in [-0.05, 0) is 27.2 Å². The summed E-state index contributed by atoms with van der Waals surface area (Å²) in [5.41, 5.74) is -0.423. The van der Waals surface area contributed by atoms with E-state index >= 15 is 0 Å². The maximum absolute atomic E-state index is 11.7. The first-order valence-electron chi connectivity index (χ1n) is 5.63. The van der Waals surface area contributed by atoms with Crippen LogP contribution in [0.4, 0.5) is 4.79 Å². The van der Waals surface area contributed by atoms with Crippen LogP contribution in [0, 0.1) is 0 Å². The van der Waals surface area contributed by atoms with Crippen molar-refractivity contribution in [2.24, 2.45) is 0 Å². The number of nitrogens with zero attached hydrogens (tertiary/aromatic N) is 1. The molecule has 4 nitrogen and oxygen atoms in total. The monoisotopic (exact) mass is 247 g/mol. The Hall–Kier alpha value is -0.420. The number of rotatable bonds is 3. The van der Waals surface area contributed by atoms with Gasteiger partial charge >= 0.3 is 6.09 Å². The zero-order valence-corrected chi connectivity index (χ0v) is 11.0. The standard InChI is InChI=1S/C11H21NO3S/c1-11(2,3)15-10(14)12-5-4-9(8-12)16-7-6-13/h9,13H,4-8H2,1-3H3/t9-/m0/s1. The Kier molecular flexibility index (Phi) is 4.92. The van der Waals surface area contributed by atoms with Crippen molar-refractivity contribution in [3.63, 3.8) is 0 Å². The quantitative estimate of drug-likeness (QED) is 0.825. The summed E-state index contributed by atoms with van der Waals surface area (Å²) < 4.78 is 5.30. The van der Waals surface area contributed by atoms with Crippen LogP contribution < -0.4 is 0 Å². The third kappa shape index (κ3) is 4.61. The molecular formula is C11H21NO3S. The summed E-state index contributed by atoms with van der Waals surface area (Å²) in [4.78, 5) is 13.5. The highest BCUT2D eigenvalue weighted by molar-refractivity contribution is 7.99. The molecule has 0 bridgehead atoms. The van der Waals surface area contributed by atoms with E-state index in [4.69, 9.17) is 9.84 Å². The molecule has 16 heavy (non-hydrogen) atoms. The third-order valence-corrected chi connectivity index (χ3v) is 3.52. The van der Waals surface area contributed by atoms with E-state index in [9.17, 15) is 4.79 Å².